The van der Waals surface area contributed by atoms with Crippen molar-refractivity contribution in [3.05, 3.63) is 34.9 Å². The molecule has 0 heterocycles. The van der Waals surface area contributed by atoms with E-state index in [2.05, 4.69) is 21.9 Å². The maximum Gasteiger partial charge on any atom is 0.350 e. The minimum absolute atomic E-state index is 0.0876. The van der Waals surface area contributed by atoms with Crippen molar-refractivity contribution in [1.29, 1.82) is 0 Å². The number of hydrogen-bond donors (Lipinski definition) is 0. The van der Waals surface area contributed by atoms with Crippen LogP contribution >= 0.6 is 11.6 Å². The van der Waals surface area contributed by atoms with Gasteiger partial charge in [-0.2, -0.15) is 0 Å². The summed E-state index contributed by atoms with van der Waals surface area (Å²) in [6, 6.07) is 7.85. The van der Waals surface area contributed by atoms with Crippen LogP contribution in [0.15, 0.2) is 23.4 Å². The summed E-state index contributed by atoms with van der Waals surface area (Å²) in [5, 5.41) is 4.17. The van der Waals surface area contributed by atoms with E-state index in [4.69, 9.17) is 22.9 Å². The van der Waals surface area contributed by atoms with Crippen molar-refractivity contribution < 1.29 is 14.4 Å². The number of ether oxygens (including phenoxy) is 1. The number of nitrogens with zero attached hydrogens (tertiary/aromatic N) is 1. The summed E-state index contributed by atoms with van der Waals surface area (Å²) < 4.78 is 4.67. The van der Waals surface area contributed by atoms with Crippen LogP contribution in [0.3, 0.4) is 0 Å². The molecule has 0 aliphatic heterocycles. The van der Waals surface area contributed by atoms with Crippen LogP contribution < -0.4 is 0 Å². The molecule has 0 aliphatic carbocycles. The van der Waals surface area contributed by atoms with Crippen LogP contribution in [-0.4, -0.2) is 24.9 Å². The molecule has 18 heavy (non-hydrogen) atoms. The second-order valence-corrected chi connectivity index (χ2v) is 3.65. The first-order chi connectivity index (χ1) is 8.65. The summed E-state index contributed by atoms with van der Waals surface area (Å²) in [6.07, 6.45) is 5.51. The molecule has 0 amide bonds. The van der Waals surface area contributed by atoms with Crippen LogP contribution in [0.25, 0.3) is 0 Å². The Morgan fingerprint density at radius 2 is 2.56 bits per heavy atom. The highest BCUT2D eigenvalue weighted by atomic mass is 35.5. The molecular weight excluding hydrogens is 254 g/mol. The Morgan fingerprint density at radius 1 is 1.78 bits per heavy atom. The number of halogens is 1. The lowest BCUT2D eigenvalue weighted by molar-refractivity contribution is -0.154. The van der Waals surface area contributed by atoms with Crippen LogP contribution in [0.2, 0.25) is 5.02 Å². The van der Waals surface area contributed by atoms with Crippen molar-refractivity contribution in [2.45, 2.75) is 13.0 Å². The van der Waals surface area contributed by atoms with Crippen LogP contribution in [0.4, 0.5) is 0 Å². The molecule has 4 nitrogen and oxygen atoms in total. The molecule has 0 saturated heterocycles. The van der Waals surface area contributed by atoms with Crippen LogP contribution in [0.1, 0.15) is 12.5 Å². The largest absolute Gasteiger partial charge is 0.450 e. The van der Waals surface area contributed by atoms with Crippen LogP contribution in [0.5, 0.6) is 0 Å². The minimum atomic E-state index is -0.832. The first-order valence-corrected chi connectivity index (χ1v) is 5.48. The highest BCUT2D eigenvalue weighted by Crippen LogP contribution is 2.12. The molecule has 93 valence electrons. The topological polar surface area (TPSA) is 47.9 Å². The van der Waals surface area contributed by atoms with Crippen molar-refractivity contribution in [2.75, 3.05) is 6.61 Å². The number of esters is 1. The number of rotatable bonds is 5. The molecule has 0 bridgehead atoms. The number of terminal acetylenes is 1. The summed E-state index contributed by atoms with van der Waals surface area (Å²) in [5.74, 6) is 1.61. The van der Waals surface area contributed by atoms with E-state index < -0.39 is 12.1 Å². The average molecular weight is 265 g/mol. The molecule has 1 atom stereocenters. The number of oxime groups is 1. The Bertz CT molecular complexity index is 479. The van der Waals surface area contributed by atoms with Gasteiger partial charge in [-0.3, -0.25) is 0 Å². The second kappa shape index (κ2) is 7.36. The van der Waals surface area contributed by atoms with Crippen LogP contribution in [0, 0.1) is 18.4 Å². The summed E-state index contributed by atoms with van der Waals surface area (Å²) in [7, 11) is 0. The second-order valence-electron chi connectivity index (χ2n) is 3.24. The fourth-order valence-corrected chi connectivity index (χ4v) is 1.14. The maximum absolute atomic E-state index is 11.3. The molecule has 1 unspecified atom stereocenters. The molecular formula is C13H11ClNO3. The average Bonchev–Trinajstić information content (AvgIpc) is 2.38. The third kappa shape index (κ3) is 4.48. The van der Waals surface area contributed by atoms with Gasteiger partial charge in [0.25, 0.3) is 0 Å². The number of hydrogen-bond acceptors (Lipinski definition) is 4. The molecule has 1 aromatic carbocycles. The molecule has 0 N–H and O–H groups in total. The standard InChI is InChI=1S/C13H11ClNO3/c1-3-8-17-13(16)10(2)18-15-9-11-6-4-5-7-12(11)14/h1,5-7,9-10H,8H2,2H3. The Hall–Kier alpha value is -1.99. The Balaban J connectivity index is 2.48. The summed E-state index contributed by atoms with van der Waals surface area (Å²) in [5.41, 5.74) is 0.642. The molecule has 5 heteroatoms. The smallest absolute Gasteiger partial charge is 0.350 e. The van der Waals surface area contributed by atoms with Gasteiger partial charge in [0.15, 0.2) is 6.61 Å². The van der Waals surface area contributed by atoms with Gasteiger partial charge in [-0.1, -0.05) is 28.7 Å². The van der Waals surface area contributed by atoms with Gasteiger partial charge in [0.2, 0.25) is 6.10 Å². The van der Waals surface area contributed by atoms with Gasteiger partial charge in [-0.05, 0) is 25.1 Å². The number of benzene rings is 1. The fourth-order valence-electron chi connectivity index (χ4n) is 0.975. The zero-order valence-corrected chi connectivity index (χ0v) is 10.5. The molecule has 0 spiro atoms. The number of carbonyl (C=O) groups is 1. The molecule has 0 fully saturated rings. The molecule has 1 aromatic rings. The Labute approximate surface area is 111 Å². The van der Waals surface area contributed by atoms with Crippen molar-refractivity contribution >= 4 is 23.8 Å². The summed E-state index contributed by atoms with van der Waals surface area (Å²) >= 11 is 5.89. The molecule has 0 aliphatic rings. The van der Waals surface area contributed by atoms with Crippen molar-refractivity contribution in [1.82, 2.24) is 0 Å². The quantitative estimate of drug-likeness (QED) is 0.354. The van der Waals surface area contributed by atoms with Gasteiger partial charge >= 0.3 is 5.97 Å². The van der Waals surface area contributed by atoms with Gasteiger partial charge < -0.3 is 9.57 Å². The third-order valence-corrected chi connectivity index (χ3v) is 2.23. The monoisotopic (exact) mass is 264 g/mol. The normalized spacial score (nSPS) is 11.8. The van der Waals surface area contributed by atoms with Crippen LogP contribution in [-0.2, 0) is 14.4 Å². The van der Waals surface area contributed by atoms with Gasteiger partial charge in [0.05, 0.1) is 6.21 Å². The maximum atomic E-state index is 11.3. The zero-order chi connectivity index (χ0) is 13.4. The van der Waals surface area contributed by atoms with E-state index in [1.165, 1.54) is 13.1 Å². The minimum Gasteiger partial charge on any atom is -0.450 e. The highest BCUT2D eigenvalue weighted by molar-refractivity contribution is 6.33. The molecule has 0 saturated carbocycles. The number of carbonyl (C=O) groups excluding carboxylic acids is 1. The van der Waals surface area contributed by atoms with E-state index in [0.29, 0.717) is 10.6 Å². The molecule has 1 rings (SSSR count). The molecule has 0 aromatic heterocycles. The zero-order valence-electron chi connectivity index (χ0n) is 9.72. The first kappa shape index (κ1) is 14.1. The third-order valence-electron chi connectivity index (χ3n) is 1.88. The van der Waals surface area contributed by atoms with E-state index in [0.717, 1.165) is 0 Å². The van der Waals surface area contributed by atoms with E-state index in [-0.39, 0.29) is 6.61 Å². The van der Waals surface area contributed by atoms with E-state index in [1.807, 2.05) is 0 Å². The fraction of sp³-hybridized carbons (Fsp3) is 0.231. The highest BCUT2D eigenvalue weighted by Gasteiger charge is 2.14. The predicted molar refractivity (Wildman–Crippen MR) is 68.2 cm³/mol. The van der Waals surface area contributed by atoms with Gasteiger partial charge in [-0.15, -0.1) is 6.42 Å². The lowest BCUT2D eigenvalue weighted by Crippen LogP contribution is -2.21. The van der Waals surface area contributed by atoms with E-state index >= 15 is 0 Å². The lowest BCUT2D eigenvalue weighted by Gasteiger charge is -2.07. The van der Waals surface area contributed by atoms with E-state index in [1.54, 1.807) is 18.2 Å². The Morgan fingerprint density at radius 3 is 3.22 bits per heavy atom. The summed E-state index contributed by atoms with van der Waals surface area (Å²) in [4.78, 5) is 16.2. The van der Waals surface area contributed by atoms with Crippen molar-refractivity contribution in [2.24, 2.45) is 5.16 Å². The van der Waals surface area contributed by atoms with Crippen molar-refractivity contribution in [3.63, 3.8) is 0 Å². The van der Waals surface area contributed by atoms with Crippen molar-refractivity contribution in [3.8, 4) is 12.3 Å². The molecule has 1 radical (unpaired) electrons. The first-order valence-electron chi connectivity index (χ1n) is 5.10. The Kier molecular flexibility index (Phi) is 5.75. The lowest BCUT2D eigenvalue weighted by atomic mass is 10.2. The van der Waals surface area contributed by atoms with Gasteiger partial charge in [0, 0.05) is 10.6 Å². The van der Waals surface area contributed by atoms with Gasteiger partial charge in [-0.25, -0.2) is 4.79 Å². The van der Waals surface area contributed by atoms with Gasteiger partial charge in [0.1, 0.15) is 0 Å². The summed E-state index contributed by atoms with van der Waals surface area (Å²) in [6.45, 7) is 1.42. The van der Waals surface area contributed by atoms with E-state index in [9.17, 15) is 4.79 Å². The predicted octanol–water partition coefficient (Wildman–Crippen LogP) is 2.06. The SMILES string of the molecule is C#CCOC(=O)C(C)ON=Cc1c[c]ccc1Cl.